The first-order chi connectivity index (χ1) is 13.6. The van der Waals surface area contributed by atoms with E-state index in [2.05, 4.69) is 9.94 Å². The van der Waals surface area contributed by atoms with Crippen molar-refractivity contribution in [3.8, 4) is 0 Å². The van der Waals surface area contributed by atoms with Gasteiger partial charge in [0.2, 0.25) is 5.91 Å². The molecule has 2 heterocycles. The van der Waals surface area contributed by atoms with E-state index >= 15 is 0 Å². The molecule has 0 aliphatic carbocycles. The fraction of sp³-hybridized carbons (Fsp3) is 0.421. The molecule has 2 aromatic rings. The maximum Gasteiger partial charge on any atom is 0.436 e. The van der Waals surface area contributed by atoms with Crippen molar-refractivity contribution >= 4 is 29.1 Å². The van der Waals surface area contributed by atoms with E-state index in [9.17, 15) is 18.0 Å². The Balaban J connectivity index is 1.71. The van der Waals surface area contributed by atoms with E-state index in [-0.39, 0.29) is 18.1 Å². The Morgan fingerprint density at radius 3 is 2.31 bits per heavy atom. The van der Waals surface area contributed by atoms with E-state index in [1.54, 1.807) is 17.0 Å². The largest absolute Gasteiger partial charge is 0.436 e. The van der Waals surface area contributed by atoms with Gasteiger partial charge in [0, 0.05) is 36.5 Å². The number of likely N-dealkylation sites (tertiary alicyclic amines) is 1. The van der Waals surface area contributed by atoms with Gasteiger partial charge in [0.1, 0.15) is 6.54 Å². The summed E-state index contributed by atoms with van der Waals surface area (Å²) in [5.74, 6) is -0.365. The van der Waals surface area contributed by atoms with Gasteiger partial charge in [-0.1, -0.05) is 23.2 Å². The van der Waals surface area contributed by atoms with Crippen LogP contribution in [0.3, 0.4) is 0 Å². The number of alkyl halides is 3. The molecule has 0 N–H and O–H groups in total. The lowest BCUT2D eigenvalue weighted by molar-refractivity contribution is -0.142. The second-order valence-electron chi connectivity index (χ2n) is 6.93. The van der Waals surface area contributed by atoms with Gasteiger partial charge >= 0.3 is 6.18 Å². The van der Waals surface area contributed by atoms with Crippen LogP contribution in [-0.2, 0) is 23.1 Å². The van der Waals surface area contributed by atoms with Crippen molar-refractivity contribution in [2.24, 2.45) is 0 Å². The minimum absolute atomic E-state index is 0.0843. The van der Waals surface area contributed by atoms with Gasteiger partial charge in [-0.3, -0.25) is 9.48 Å². The molecular weight excluding hydrogens is 428 g/mol. The van der Waals surface area contributed by atoms with Crippen molar-refractivity contribution in [1.29, 1.82) is 0 Å². The first-order valence-corrected chi connectivity index (χ1v) is 9.55. The van der Waals surface area contributed by atoms with E-state index in [1.165, 1.54) is 6.92 Å². The first kappa shape index (κ1) is 21.5. The van der Waals surface area contributed by atoms with Gasteiger partial charge in [-0.15, -0.1) is 0 Å². The summed E-state index contributed by atoms with van der Waals surface area (Å²) in [4.78, 5) is 18.0. The maximum atomic E-state index is 13.0. The highest BCUT2D eigenvalue weighted by molar-refractivity contribution is 6.32. The molecule has 1 aliphatic rings. The number of aromatic nitrogens is 2. The molecule has 5 nitrogen and oxygen atoms in total. The standard InChI is InChI=1S/C19H17Cl2F3N4O/c1-12-16(21)17(19(22,23)24)26-28(12)11-15(29)27-9-7-18(25-2,8-10-27)13-3-5-14(20)6-4-13/h3-6H,7-11H2,1H3. The predicted molar refractivity (Wildman–Crippen MR) is 103 cm³/mol. The van der Waals surface area contributed by atoms with Crippen LogP contribution in [0.15, 0.2) is 24.3 Å². The van der Waals surface area contributed by atoms with Gasteiger partial charge in [-0.2, -0.15) is 18.3 Å². The van der Waals surface area contributed by atoms with Gasteiger partial charge in [0.15, 0.2) is 5.69 Å². The molecule has 1 amide bonds. The van der Waals surface area contributed by atoms with E-state index in [4.69, 9.17) is 29.8 Å². The van der Waals surface area contributed by atoms with Gasteiger partial charge in [-0.25, -0.2) is 6.57 Å². The molecular formula is C19H17Cl2F3N4O. The number of rotatable bonds is 3. The Kier molecular flexibility index (Phi) is 5.84. The molecule has 1 aromatic carbocycles. The Hall–Kier alpha value is -2.24. The molecule has 0 spiro atoms. The zero-order chi connectivity index (χ0) is 21.4. The summed E-state index contributed by atoms with van der Waals surface area (Å²) in [6.07, 6.45) is -3.83. The SMILES string of the molecule is [C-]#[N+]C1(c2ccc(Cl)cc2)CCN(C(=O)Cn2nc(C(F)(F)F)c(Cl)c2C)CC1. The summed E-state index contributed by atoms with van der Waals surface area (Å²) in [6.45, 7) is 9.35. The van der Waals surface area contributed by atoms with Crippen LogP contribution in [0, 0.1) is 13.5 Å². The van der Waals surface area contributed by atoms with E-state index in [0.29, 0.717) is 31.0 Å². The molecule has 1 saturated heterocycles. The average Bonchev–Trinajstić information content (AvgIpc) is 2.97. The van der Waals surface area contributed by atoms with Crippen molar-refractivity contribution in [3.63, 3.8) is 0 Å². The Morgan fingerprint density at radius 2 is 1.83 bits per heavy atom. The van der Waals surface area contributed by atoms with E-state index < -0.39 is 22.4 Å². The van der Waals surface area contributed by atoms with Gasteiger partial charge < -0.3 is 9.74 Å². The number of piperidine rings is 1. The minimum atomic E-state index is -4.69. The molecule has 0 saturated carbocycles. The summed E-state index contributed by atoms with van der Waals surface area (Å²) in [6, 6.07) is 7.07. The Labute approximate surface area is 175 Å². The lowest BCUT2D eigenvalue weighted by Gasteiger charge is -2.34. The second kappa shape index (κ2) is 7.88. The first-order valence-electron chi connectivity index (χ1n) is 8.80. The molecule has 3 rings (SSSR count). The number of carbonyl (C=O) groups is 1. The van der Waals surface area contributed by atoms with Crippen LogP contribution >= 0.6 is 23.2 Å². The normalized spacial score (nSPS) is 16.5. The second-order valence-corrected chi connectivity index (χ2v) is 7.75. The highest BCUT2D eigenvalue weighted by Crippen LogP contribution is 2.38. The number of nitrogens with zero attached hydrogens (tertiary/aromatic N) is 4. The third kappa shape index (κ3) is 4.21. The molecule has 1 fully saturated rings. The maximum absolute atomic E-state index is 13.0. The van der Waals surface area contributed by atoms with Crippen LogP contribution in [0.2, 0.25) is 10.0 Å². The molecule has 29 heavy (non-hydrogen) atoms. The zero-order valence-electron chi connectivity index (χ0n) is 15.4. The van der Waals surface area contributed by atoms with E-state index in [0.717, 1.165) is 10.2 Å². The van der Waals surface area contributed by atoms with Crippen LogP contribution in [0.25, 0.3) is 4.85 Å². The number of amides is 1. The molecule has 1 aliphatic heterocycles. The molecule has 0 unspecified atom stereocenters. The van der Waals surface area contributed by atoms with Crippen molar-refractivity contribution < 1.29 is 18.0 Å². The summed E-state index contributed by atoms with van der Waals surface area (Å²) in [5, 5.41) is 3.54. The highest BCUT2D eigenvalue weighted by Gasteiger charge is 2.43. The molecule has 10 heteroatoms. The fourth-order valence-electron chi connectivity index (χ4n) is 3.44. The average molecular weight is 445 g/mol. The van der Waals surface area contributed by atoms with Crippen LogP contribution in [0.1, 0.15) is 29.8 Å². The highest BCUT2D eigenvalue weighted by atomic mass is 35.5. The monoisotopic (exact) mass is 444 g/mol. The summed E-state index contributed by atoms with van der Waals surface area (Å²) in [5.41, 5.74) is -1.01. The zero-order valence-corrected chi connectivity index (χ0v) is 16.9. The molecule has 1 aromatic heterocycles. The predicted octanol–water partition coefficient (Wildman–Crippen LogP) is 4.95. The fourth-order valence-corrected chi connectivity index (χ4v) is 3.81. The molecule has 154 valence electrons. The van der Waals surface area contributed by atoms with Crippen molar-refractivity contribution in [3.05, 3.63) is 62.7 Å². The number of halogens is 5. The van der Waals surface area contributed by atoms with E-state index in [1.807, 2.05) is 12.1 Å². The minimum Gasteiger partial charge on any atom is -0.340 e. The summed E-state index contributed by atoms with van der Waals surface area (Å²) < 4.78 is 39.8. The lowest BCUT2D eigenvalue weighted by atomic mass is 9.81. The quantitative estimate of drug-likeness (QED) is 0.628. The summed E-state index contributed by atoms with van der Waals surface area (Å²) in [7, 11) is 0. The topological polar surface area (TPSA) is 42.5 Å². The number of hydrogen-bond acceptors (Lipinski definition) is 2. The third-order valence-electron chi connectivity index (χ3n) is 5.23. The summed E-state index contributed by atoms with van der Waals surface area (Å²) >= 11 is 11.6. The Morgan fingerprint density at radius 1 is 1.24 bits per heavy atom. The third-order valence-corrected chi connectivity index (χ3v) is 5.93. The Bertz CT molecular complexity index is 956. The van der Waals surface area contributed by atoms with Crippen LogP contribution in [-0.4, -0.2) is 33.7 Å². The van der Waals surface area contributed by atoms with Crippen LogP contribution in [0.5, 0.6) is 0 Å². The van der Waals surface area contributed by atoms with Crippen LogP contribution in [0.4, 0.5) is 13.2 Å². The molecule has 0 bridgehead atoms. The van der Waals surface area contributed by atoms with Crippen LogP contribution < -0.4 is 0 Å². The molecule has 0 atom stereocenters. The van der Waals surface area contributed by atoms with Crippen molar-refractivity contribution in [2.45, 2.75) is 38.0 Å². The lowest BCUT2D eigenvalue weighted by Crippen LogP contribution is -2.45. The smallest absolute Gasteiger partial charge is 0.340 e. The number of carbonyl (C=O) groups excluding carboxylic acids is 1. The molecule has 0 radical (unpaired) electrons. The van der Waals surface area contributed by atoms with Gasteiger partial charge in [0.25, 0.3) is 5.54 Å². The van der Waals surface area contributed by atoms with Crippen molar-refractivity contribution in [2.75, 3.05) is 13.1 Å². The van der Waals surface area contributed by atoms with Gasteiger partial charge in [-0.05, 0) is 31.2 Å². The number of benzene rings is 1. The van der Waals surface area contributed by atoms with Gasteiger partial charge in [0.05, 0.1) is 10.7 Å². The number of hydrogen-bond donors (Lipinski definition) is 0. The van der Waals surface area contributed by atoms with Crippen molar-refractivity contribution in [1.82, 2.24) is 14.7 Å².